The summed E-state index contributed by atoms with van der Waals surface area (Å²) in [4.78, 5) is 12.2. The summed E-state index contributed by atoms with van der Waals surface area (Å²) in [5, 5.41) is 18.6. The van der Waals surface area contributed by atoms with Crippen LogP contribution in [0.25, 0.3) is 10.4 Å². The van der Waals surface area contributed by atoms with Gasteiger partial charge in [0.2, 0.25) is 0 Å². The van der Waals surface area contributed by atoms with Crippen LogP contribution >= 0.6 is 11.3 Å². The van der Waals surface area contributed by atoms with E-state index in [4.69, 9.17) is 9.47 Å². The van der Waals surface area contributed by atoms with E-state index in [0.29, 0.717) is 30.3 Å². The fourth-order valence-corrected chi connectivity index (χ4v) is 3.09. The average Bonchev–Trinajstić information content (AvgIpc) is 3.00. The molecule has 0 aliphatic heterocycles. The third-order valence-electron chi connectivity index (χ3n) is 3.33. The van der Waals surface area contributed by atoms with Crippen LogP contribution in [0.4, 0.5) is 0 Å². The van der Waals surface area contributed by atoms with Gasteiger partial charge in [0.05, 0.1) is 18.8 Å². The molecule has 1 aromatic heterocycles. The maximum absolute atomic E-state index is 11.3. The molecule has 0 fully saturated rings. The van der Waals surface area contributed by atoms with E-state index in [2.05, 4.69) is 13.0 Å². The summed E-state index contributed by atoms with van der Waals surface area (Å²) in [5.41, 5.74) is 1.21. The van der Waals surface area contributed by atoms with Gasteiger partial charge in [-0.15, -0.1) is 11.3 Å². The van der Waals surface area contributed by atoms with Crippen molar-refractivity contribution >= 4 is 17.3 Å². The number of carbonyl (C=O) groups is 1. The second kappa shape index (κ2) is 8.37. The van der Waals surface area contributed by atoms with Crippen LogP contribution in [0.3, 0.4) is 0 Å². The van der Waals surface area contributed by atoms with E-state index < -0.39 is 5.97 Å². The van der Waals surface area contributed by atoms with E-state index in [1.165, 1.54) is 0 Å². The standard InChI is InChI=1S/C18H19NO4S/c1-3-5-8-23-14-7-6-12(9-13(14)11-19)16-10-15(22-4-2)17(24-16)18(20)21/h6-7,9-10H,3-5,8H2,1-2H3,(H,20,21). The molecule has 1 aromatic carbocycles. The summed E-state index contributed by atoms with van der Waals surface area (Å²) < 4.78 is 11.0. The van der Waals surface area contributed by atoms with Gasteiger partial charge in [-0.3, -0.25) is 0 Å². The summed E-state index contributed by atoms with van der Waals surface area (Å²) in [5.74, 6) is -0.115. The van der Waals surface area contributed by atoms with E-state index >= 15 is 0 Å². The molecule has 0 saturated heterocycles. The summed E-state index contributed by atoms with van der Waals surface area (Å²) in [6, 6.07) is 9.13. The number of carboxylic acid groups (broad SMARTS) is 1. The minimum Gasteiger partial charge on any atom is -0.492 e. The topological polar surface area (TPSA) is 79.6 Å². The molecule has 6 heteroatoms. The molecule has 0 saturated carbocycles. The second-order valence-electron chi connectivity index (χ2n) is 5.07. The molecule has 0 bridgehead atoms. The van der Waals surface area contributed by atoms with Crippen LogP contribution in [0.1, 0.15) is 41.9 Å². The average molecular weight is 345 g/mol. The highest BCUT2D eigenvalue weighted by Crippen LogP contribution is 2.37. The Morgan fingerprint density at radius 1 is 1.25 bits per heavy atom. The molecule has 1 heterocycles. The first-order valence-electron chi connectivity index (χ1n) is 7.77. The van der Waals surface area contributed by atoms with Crippen molar-refractivity contribution in [2.45, 2.75) is 26.7 Å². The van der Waals surface area contributed by atoms with Gasteiger partial charge in [0, 0.05) is 4.88 Å². The predicted molar refractivity (Wildman–Crippen MR) is 93.0 cm³/mol. The summed E-state index contributed by atoms with van der Waals surface area (Å²) in [7, 11) is 0. The Morgan fingerprint density at radius 2 is 2.04 bits per heavy atom. The van der Waals surface area contributed by atoms with Gasteiger partial charge in [0.15, 0.2) is 4.88 Å². The molecular weight excluding hydrogens is 326 g/mol. The Balaban J connectivity index is 2.34. The zero-order valence-corrected chi connectivity index (χ0v) is 14.5. The van der Waals surface area contributed by atoms with Crippen molar-refractivity contribution in [3.05, 3.63) is 34.7 Å². The second-order valence-corrected chi connectivity index (χ2v) is 6.12. The molecule has 0 spiro atoms. The number of unbranched alkanes of at least 4 members (excludes halogenated alkanes) is 1. The number of benzene rings is 1. The Bertz CT molecular complexity index is 761. The third-order valence-corrected chi connectivity index (χ3v) is 4.49. The molecule has 0 amide bonds. The van der Waals surface area contributed by atoms with Gasteiger partial charge in [0.1, 0.15) is 17.6 Å². The molecule has 0 unspecified atom stereocenters. The normalized spacial score (nSPS) is 10.2. The van der Waals surface area contributed by atoms with Crippen molar-refractivity contribution in [3.63, 3.8) is 0 Å². The molecular formula is C18H19NO4S. The molecule has 0 atom stereocenters. The van der Waals surface area contributed by atoms with Gasteiger partial charge in [-0.2, -0.15) is 5.26 Å². The zero-order chi connectivity index (χ0) is 17.5. The van der Waals surface area contributed by atoms with Crippen LogP contribution < -0.4 is 9.47 Å². The summed E-state index contributed by atoms with van der Waals surface area (Å²) >= 11 is 1.13. The van der Waals surface area contributed by atoms with Gasteiger partial charge in [-0.1, -0.05) is 13.3 Å². The Kier molecular flexibility index (Phi) is 6.21. The first-order valence-corrected chi connectivity index (χ1v) is 8.59. The maximum Gasteiger partial charge on any atom is 0.349 e. The lowest BCUT2D eigenvalue weighted by atomic mass is 10.1. The number of rotatable bonds is 8. The van der Waals surface area contributed by atoms with E-state index in [1.807, 2.05) is 6.07 Å². The highest BCUT2D eigenvalue weighted by molar-refractivity contribution is 7.17. The minimum atomic E-state index is -1.02. The molecule has 2 rings (SSSR count). The number of hydrogen-bond acceptors (Lipinski definition) is 5. The largest absolute Gasteiger partial charge is 0.492 e. The van der Waals surface area contributed by atoms with Gasteiger partial charge in [-0.25, -0.2) is 4.79 Å². The van der Waals surface area contributed by atoms with Crippen molar-refractivity contribution < 1.29 is 19.4 Å². The van der Waals surface area contributed by atoms with Crippen LogP contribution in [0.5, 0.6) is 11.5 Å². The Morgan fingerprint density at radius 3 is 2.67 bits per heavy atom. The Labute approximate surface area is 145 Å². The Hall–Kier alpha value is -2.52. The van der Waals surface area contributed by atoms with Crippen molar-refractivity contribution in [2.24, 2.45) is 0 Å². The predicted octanol–water partition coefficient (Wildman–Crippen LogP) is 4.56. The first-order chi connectivity index (χ1) is 11.6. The number of thiophene rings is 1. The van der Waals surface area contributed by atoms with Crippen LogP contribution in [0.2, 0.25) is 0 Å². The van der Waals surface area contributed by atoms with E-state index in [1.54, 1.807) is 25.1 Å². The number of aromatic carboxylic acids is 1. The number of nitrogens with zero attached hydrogens (tertiary/aromatic N) is 1. The highest BCUT2D eigenvalue weighted by atomic mass is 32.1. The molecule has 126 valence electrons. The van der Waals surface area contributed by atoms with E-state index in [9.17, 15) is 15.2 Å². The quantitative estimate of drug-likeness (QED) is 0.709. The lowest BCUT2D eigenvalue weighted by Crippen LogP contribution is -1.98. The van der Waals surface area contributed by atoms with Crippen molar-refractivity contribution in [1.82, 2.24) is 0 Å². The monoisotopic (exact) mass is 345 g/mol. The molecule has 24 heavy (non-hydrogen) atoms. The SMILES string of the molecule is CCCCOc1ccc(-c2cc(OCC)c(C(=O)O)s2)cc1C#N. The minimum absolute atomic E-state index is 0.161. The molecule has 0 aliphatic carbocycles. The first kappa shape index (κ1) is 17.8. The van der Waals surface area contributed by atoms with Crippen molar-refractivity contribution in [1.29, 1.82) is 5.26 Å². The lowest BCUT2D eigenvalue weighted by molar-refractivity contribution is 0.0698. The number of carboxylic acids is 1. The van der Waals surface area contributed by atoms with E-state index in [-0.39, 0.29) is 4.88 Å². The third kappa shape index (κ3) is 4.06. The number of hydrogen-bond donors (Lipinski definition) is 1. The van der Waals surface area contributed by atoms with Gasteiger partial charge < -0.3 is 14.6 Å². The lowest BCUT2D eigenvalue weighted by Gasteiger charge is -2.08. The van der Waals surface area contributed by atoms with Crippen LogP contribution in [-0.4, -0.2) is 24.3 Å². The molecule has 5 nitrogen and oxygen atoms in total. The maximum atomic E-state index is 11.3. The van der Waals surface area contributed by atoms with Crippen LogP contribution in [-0.2, 0) is 0 Å². The van der Waals surface area contributed by atoms with Gasteiger partial charge in [-0.05, 0) is 43.2 Å². The van der Waals surface area contributed by atoms with Crippen molar-refractivity contribution in [3.8, 4) is 28.0 Å². The van der Waals surface area contributed by atoms with Gasteiger partial charge >= 0.3 is 5.97 Å². The number of nitriles is 1. The fraction of sp³-hybridized carbons (Fsp3) is 0.333. The smallest absolute Gasteiger partial charge is 0.349 e. The molecule has 1 N–H and O–H groups in total. The summed E-state index contributed by atoms with van der Waals surface area (Å²) in [6.45, 7) is 4.84. The van der Waals surface area contributed by atoms with Crippen molar-refractivity contribution in [2.75, 3.05) is 13.2 Å². The number of ether oxygens (including phenoxy) is 2. The van der Waals surface area contributed by atoms with E-state index in [0.717, 1.165) is 34.6 Å². The van der Waals surface area contributed by atoms with Crippen LogP contribution in [0.15, 0.2) is 24.3 Å². The zero-order valence-electron chi connectivity index (χ0n) is 13.7. The fourth-order valence-electron chi connectivity index (χ4n) is 2.15. The van der Waals surface area contributed by atoms with Gasteiger partial charge in [0.25, 0.3) is 0 Å². The summed E-state index contributed by atoms with van der Waals surface area (Å²) in [6.07, 6.45) is 1.95. The highest BCUT2D eigenvalue weighted by Gasteiger charge is 2.18. The van der Waals surface area contributed by atoms with Crippen LogP contribution in [0, 0.1) is 11.3 Å². The molecule has 2 aromatic rings. The molecule has 0 radical (unpaired) electrons. The molecule has 0 aliphatic rings.